The number of carbonyl (C=O) groups excluding carboxylic acids is 2. The largest absolute Gasteiger partial charge is 0.372 e. The molecular weight excluding hydrogens is 314 g/mol. The summed E-state index contributed by atoms with van der Waals surface area (Å²) in [5.74, 6) is -0.400. The Morgan fingerprint density at radius 3 is 2.48 bits per heavy atom. The molecule has 5 nitrogen and oxygen atoms in total. The van der Waals surface area contributed by atoms with Crippen LogP contribution >= 0.6 is 0 Å². The van der Waals surface area contributed by atoms with E-state index in [4.69, 9.17) is 0 Å². The summed E-state index contributed by atoms with van der Waals surface area (Å²) in [4.78, 5) is 30.3. The van der Waals surface area contributed by atoms with Crippen molar-refractivity contribution in [3.8, 4) is 0 Å². The van der Waals surface area contributed by atoms with Crippen LogP contribution < -0.4 is 10.2 Å². The average Bonchev–Trinajstić information content (AvgIpc) is 2.61. The molecule has 1 amide bonds. The van der Waals surface area contributed by atoms with Crippen LogP contribution in [0.25, 0.3) is 0 Å². The minimum Gasteiger partial charge on any atom is -0.372 e. The molecule has 1 aromatic carbocycles. The molecule has 0 heterocycles. The van der Waals surface area contributed by atoms with E-state index in [0.717, 1.165) is 24.3 Å². The van der Waals surface area contributed by atoms with Crippen molar-refractivity contribution in [2.24, 2.45) is 4.99 Å². The smallest absolute Gasteiger partial charge is 0.224 e. The first-order chi connectivity index (χ1) is 12.0. The zero-order chi connectivity index (χ0) is 18.4. The Morgan fingerprint density at radius 2 is 1.88 bits per heavy atom. The third-order valence-electron chi connectivity index (χ3n) is 4.12. The van der Waals surface area contributed by atoms with Gasteiger partial charge >= 0.3 is 0 Å². The van der Waals surface area contributed by atoms with Crippen molar-refractivity contribution in [1.29, 1.82) is 0 Å². The predicted octanol–water partition coefficient (Wildman–Crippen LogP) is 3.46. The molecule has 1 aliphatic carbocycles. The third-order valence-corrected chi connectivity index (χ3v) is 4.12. The van der Waals surface area contributed by atoms with Crippen molar-refractivity contribution in [3.05, 3.63) is 47.7 Å². The maximum Gasteiger partial charge on any atom is 0.224 e. The first-order valence-corrected chi connectivity index (χ1v) is 8.66. The molecular formula is C20H25N3O2. The van der Waals surface area contributed by atoms with Crippen LogP contribution in [-0.4, -0.2) is 30.5 Å². The summed E-state index contributed by atoms with van der Waals surface area (Å²) >= 11 is 0. The van der Waals surface area contributed by atoms with Crippen molar-refractivity contribution < 1.29 is 9.59 Å². The minimum atomic E-state index is -0.214. The van der Waals surface area contributed by atoms with E-state index in [1.165, 1.54) is 11.8 Å². The zero-order valence-electron chi connectivity index (χ0n) is 15.3. The standard InChI is InChI=1S/C20H25N3O2/c1-5-20(25)22-18-13-15(8-11-19(18)24)21-17-10-9-16(12-14(17)4)23(6-2)7-3/h8-13H,5-7H2,1-4H3,(H,22,25). The number of hydrogen-bond donors (Lipinski definition) is 1. The molecule has 2 rings (SSSR count). The molecule has 0 saturated carbocycles. The normalized spacial score (nSPS) is 15.3. The molecule has 0 unspecified atom stereocenters. The van der Waals surface area contributed by atoms with Crippen LogP contribution in [0, 0.1) is 6.92 Å². The Morgan fingerprint density at radius 1 is 1.16 bits per heavy atom. The highest BCUT2D eigenvalue weighted by molar-refractivity contribution is 6.20. The van der Waals surface area contributed by atoms with Gasteiger partial charge in [-0.15, -0.1) is 0 Å². The predicted molar refractivity (Wildman–Crippen MR) is 102 cm³/mol. The van der Waals surface area contributed by atoms with Gasteiger partial charge in [-0.3, -0.25) is 9.59 Å². The van der Waals surface area contributed by atoms with Gasteiger partial charge in [0.25, 0.3) is 0 Å². The first kappa shape index (κ1) is 18.6. The van der Waals surface area contributed by atoms with Gasteiger partial charge in [0.05, 0.1) is 17.1 Å². The van der Waals surface area contributed by atoms with Gasteiger partial charge in [0.2, 0.25) is 11.7 Å². The number of anilines is 1. The summed E-state index contributed by atoms with van der Waals surface area (Å²) < 4.78 is 0. The Bertz CT molecular complexity index is 756. The summed E-state index contributed by atoms with van der Waals surface area (Å²) in [5.41, 5.74) is 4.00. The van der Waals surface area contributed by atoms with E-state index in [2.05, 4.69) is 41.2 Å². The van der Waals surface area contributed by atoms with E-state index >= 15 is 0 Å². The molecule has 1 aromatic rings. The quantitative estimate of drug-likeness (QED) is 0.807. The summed E-state index contributed by atoms with van der Waals surface area (Å²) in [5, 5.41) is 2.62. The number of nitrogens with one attached hydrogen (secondary N) is 1. The summed E-state index contributed by atoms with van der Waals surface area (Å²) in [6.07, 6.45) is 5.05. The lowest BCUT2D eigenvalue weighted by Crippen LogP contribution is -2.28. The summed E-state index contributed by atoms with van der Waals surface area (Å²) in [6, 6.07) is 6.16. The number of aliphatic imine (C=N–C) groups is 1. The van der Waals surface area contributed by atoms with E-state index in [9.17, 15) is 9.59 Å². The Labute approximate surface area is 149 Å². The van der Waals surface area contributed by atoms with Gasteiger partial charge in [-0.2, -0.15) is 0 Å². The molecule has 132 valence electrons. The van der Waals surface area contributed by atoms with Crippen LogP contribution in [0.15, 0.2) is 47.1 Å². The monoisotopic (exact) mass is 339 g/mol. The number of amides is 1. The Hall–Kier alpha value is -2.69. The fourth-order valence-electron chi connectivity index (χ4n) is 2.61. The average molecular weight is 339 g/mol. The minimum absolute atomic E-state index is 0.186. The lowest BCUT2D eigenvalue weighted by Gasteiger charge is -2.21. The molecule has 1 aliphatic rings. The molecule has 0 saturated heterocycles. The van der Waals surface area contributed by atoms with Crippen LogP contribution in [0.2, 0.25) is 0 Å². The molecule has 0 spiro atoms. The van der Waals surface area contributed by atoms with Crippen molar-refractivity contribution in [1.82, 2.24) is 5.32 Å². The number of benzene rings is 1. The molecule has 25 heavy (non-hydrogen) atoms. The Balaban J connectivity index is 2.28. The zero-order valence-corrected chi connectivity index (χ0v) is 15.3. The van der Waals surface area contributed by atoms with Crippen LogP contribution in [-0.2, 0) is 9.59 Å². The van der Waals surface area contributed by atoms with E-state index < -0.39 is 0 Å². The number of rotatable bonds is 6. The van der Waals surface area contributed by atoms with Crippen LogP contribution in [0.4, 0.5) is 11.4 Å². The van der Waals surface area contributed by atoms with Crippen LogP contribution in [0.3, 0.4) is 0 Å². The molecule has 0 fully saturated rings. The van der Waals surface area contributed by atoms with E-state index in [-0.39, 0.29) is 17.4 Å². The molecule has 0 atom stereocenters. The second-order valence-electron chi connectivity index (χ2n) is 5.84. The van der Waals surface area contributed by atoms with Gasteiger partial charge in [0, 0.05) is 25.2 Å². The number of aryl methyl sites for hydroxylation is 1. The lowest BCUT2D eigenvalue weighted by molar-refractivity contribution is -0.121. The lowest BCUT2D eigenvalue weighted by atomic mass is 10.1. The van der Waals surface area contributed by atoms with Gasteiger partial charge in [0.1, 0.15) is 0 Å². The van der Waals surface area contributed by atoms with Crippen molar-refractivity contribution >= 4 is 28.8 Å². The van der Waals surface area contributed by atoms with Crippen LogP contribution in [0.1, 0.15) is 32.8 Å². The summed E-state index contributed by atoms with van der Waals surface area (Å²) in [6.45, 7) is 9.94. The molecule has 0 radical (unpaired) electrons. The fraction of sp³-hybridized carbons (Fsp3) is 0.350. The fourth-order valence-corrected chi connectivity index (χ4v) is 2.61. The van der Waals surface area contributed by atoms with Gasteiger partial charge in [-0.1, -0.05) is 6.92 Å². The maximum absolute atomic E-state index is 11.9. The number of carbonyl (C=O) groups is 2. The highest BCUT2D eigenvalue weighted by atomic mass is 16.2. The molecule has 0 bridgehead atoms. The molecule has 5 heteroatoms. The third kappa shape index (κ3) is 4.66. The van der Waals surface area contributed by atoms with Crippen molar-refractivity contribution in [2.45, 2.75) is 34.1 Å². The topological polar surface area (TPSA) is 61.8 Å². The van der Waals surface area contributed by atoms with Gasteiger partial charge in [-0.25, -0.2) is 4.99 Å². The molecule has 0 aromatic heterocycles. The van der Waals surface area contributed by atoms with Crippen molar-refractivity contribution in [3.63, 3.8) is 0 Å². The number of nitrogens with zero attached hydrogens (tertiary/aromatic N) is 2. The maximum atomic E-state index is 11.9. The molecule has 1 N–H and O–H groups in total. The second-order valence-corrected chi connectivity index (χ2v) is 5.84. The number of ketones is 1. The highest BCUT2D eigenvalue weighted by Crippen LogP contribution is 2.25. The molecule has 0 aliphatic heterocycles. The number of allylic oxidation sites excluding steroid dienone is 3. The summed E-state index contributed by atoms with van der Waals surface area (Å²) in [7, 11) is 0. The first-order valence-electron chi connectivity index (χ1n) is 8.66. The van der Waals surface area contributed by atoms with Crippen molar-refractivity contribution in [2.75, 3.05) is 18.0 Å². The van der Waals surface area contributed by atoms with Gasteiger partial charge in [-0.05, 0) is 62.8 Å². The van der Waals surface area contributed by atoms with Gasteiger partial charge in [0.15, 0.2) is 0 Å². The SMILES string of the molecule is CCC(=O)NC1=CC(=Nc2ccc(N(CC)CC)cc2C)C=CC1=O. The van der Waals surface area contributed by atoms with Gasteiger partial charge < -0.3 is 10.2 Å². The van der Waals surface area contributed by atoms with E-state index in [0.29, 0.717) is 12.1 Å². The van der Waals surface area contributed by atoms with E-state index in [1.54, 1.807) is 19.1 Å². The van der Waals surface area contributed by atoms with Crippen LogP contribution in [0.5, 0.6) is 0 Å². The Kier molecular flexibility index (Phi) is 6.28. The highest BCUT2D eigenvalue weighted by Gasteiger charge is 2.14. The second kappa shape index (κ2) is 8.42. The number of hydrogen-bond acceptors (Lipinski definition) is 4. The van der Waals surface area contributed by atoms with E-state index in [1.807, 2.05) is 13.0 Å².